The standard InChI is InChI=1S/C21H19N3OS2/c25-20(8-10-23-14-22-16-4-1-2-5-17(16)23)24-11-7-18-15(9-13-27-18)21(24)19-6-3-12-26-19/h1-6,9,12-14,21H,7-8,10-11H2/t21-/m0/s1. The van der Waals surface area contributed by atoms with Gasteiger partial charge in [0, 0.05) is 29.3 Å². The molecule has 136 valence electrons. The zero-order chi connectivity index (χ0) is 18.2. The first-order valence-corrected chi connectivity index (χ1v) is 10.9. The van der Waals surface area contributed by atoms with Crippen LogP contribution in [-0.4, -0.2) is 26.9 Å². The van der Waals surface area contributed by atoms with Crippen LogP contribution in [0.25, 0.3) is 11.0 Å². The molecule has 4 heterocycles. The number of carbonyl (C=O) groups is 1. The summed E-state index contributed by atoms with van der Waals surface area (Å²) >= 11 is 3.54. The Labute approximate surface area is 165 Å². The van der Waals surface area contributed by atoms with Crippen LogP contribution >= 0.6 is 22.7 Å². The smallest absolute Gasteiger partial charge is 0.225 e. The highest BCUT2D eigenvalue weighted by Gasteiger charge is 2.33. The first-order chi connectivity index (χ1) is 13.3. The highest BCUT2D eigenvalue weighted by molar-refractivity contribution is 7.10. The molecule has 6 heteroatoms. The number of para-hydroxylation sites is 2. The number of hydrogen-bond acceptors (Lipinski definition) is 4. The molecule has 1 aliphatic rings. The molecular formula is C21H19N3OS2. The summed E-state index contributed by atoms with van der Waals surface area (Å²) in [6.07, 6.45) is 3.28. The Morgan fingerprint density at radius 3 is 2.93 bits per heavy atom. The first kappa shape index (κ1) is 16.7. The minimum Gasteiger partial charge on any atom is -0.330 e. The molecule has 0 fully saturated rings. The van der Waals surface area contributed by atoms with E-state index < -0.39 is 0 Å². The van der Waals surface area contributed by atoms with Gasteiger partial charge in [0.2, 0.25) is 5.91 Å². The maximum atomic E-state index is 13.2. The fourth-order valence-corrected chi connectivity index (χ4v) is 5.65. The maximum absolute atomic E-state index is 13.2. The van der Waals surface area contributed by atoms with Gasteiger partial charge in [0.1, 0.15) is 0 Å². The molecule has 0 saturated heterocycles. The minimum atomic E-state index is 0.0621. The number of amides is 1. The van der Waals surface area contributed by atoms with Crippen LogP contribution in [-0.2, 0) is 17.8 Å². The first-order valence-electron chi connectivity index (χ1n) is 9.10. The van der Waals surface area contributed by atoms with Gasteiger partial charge >= 0.3 is 0 Å². The lowest BCUT2D eigenvalue weighted by Crippen LogP contribution is -2.40. The molecule has 1 aliphatic heterocycles. The van der Waals surface area contributed by atoms with Crippen LogP contribution in [0.4, 0.5) is 0 Å². The van der Waals surface area contributed by atoms with E-state index >= 15 is 0 Å². The number of carbonyl (C=O) groups excluding carboxylic acids is 1. The summed E-state index contributed by atoms with van der Waals surface area (Å²) in [6, 6.07) is 14.5. The van der Waals surface area contributed by atoms with E-state index in [2.05, 4.69) is 49.5 Å². The van der Waals surface area contributed by atoms with E-state index in [-0.39, 0.29) is 11.9 Å². The van der Waals surface area contributed by atoms with Crippen molar-refractivity contribution in [3.63, 3.8) is 0 Å². The van der Waals surface area contributed by atoms with Crippen molar-refractivity contribution in [2.24, 2.45) is 0 Å². The number of rotatable bonds is 4. The number of thiophene rings is 2. The molecule has 1 aromatic carbocycles. The van der Waals surface area contributed by atoms with Crippen LogP contribution in [0.2, 0.25) is 0 Å². The Balaban J connectivity index is 1.39. The Morgan fingerprint density at radius 1 is 1.11 bits per heavy atom. The molecule has 4 aromatic rings. The van der Waals surface area contributed by atoms with Gasteiger partial charge in [0.25, 0.3) is 0 Å². The molecule has 0 bridgehead atoms. The molecule has 0 radical (unpaired) electrons. The predicted octanol–water partition coefficient (Wildman–Crippen LogP) is 4.72. The van der Waals surface area contributed by atoms with Gasteiger partial charge < -0.3 is 9.47 Å². The normalized spacial score (nSPS) is 16.6. The highest BCUT2D eigenvalue weighted by Crippen LogP contribution is 2.39. The number of fused-ring (bicyclic) bond motifs is 2. The van der Waals surface area contributed by atoms with E-state index in [1.165, 1.54) is 15.3 Å². The van der Waals surface area contributed by atoms with Crippen molar-refractivity contribution < 1.29 is 4.79 Å². The highest BCUT2D eigenvalue weighted by atomic mass is 32.1. The van der Waals surface area contributed by atoms with Gasteiger partial charge in [-0.15, -0.1) is 22.7 Å². The summed E-state index contributed by atoms with van der Waals surface area (Å²) in [5.41, 5.74) is 3.36. The third-order valence-electron chi connectivity index (χ3n) is 5.19. The summed E-state index contributed by atoms with van der Waals surface area (Å²) in [4.78, 5) is 22.3. The van der Waals surface area contributed by atoms with Gasteiger partial charge in [-0.3, -0.25) is 4.79 Å². The van der Waals surface area contributed by atoms with Crippen molar-refractivity contribution in [1.82, 2.24) is 14.5 Å². The second-order valence-corrected chi connectivity index (χ2v) is 8.71. The minimum absolute atomic E-state index is 0.0621. The largest absolute Gasteiger partial charge is 0.330 e. The Morgan fingerprint density at radius 2 is 2.04 bits per heavy atom. The van der Waals surface area contributed by atoms with Crippen molar-refractivity contribution in [2.75, 3.05) is 6.54 Å². The van der Waals surface area contributed by atoms with Crippen LogP contribution in [0.15, 0.2) is 59.6 Å². The molecule has 5 rings (SSSR count). The Hall–Kier alpha value is -2.44. The van der Waals surface area contributed by atoms with Crippen LogP contribution in [0.1, 0.15) is 27.8 Å². The quantitative estimate of drug-likeness (QED) is 0.503. The lowest BCUT2D eigenvalue weighted by atomic mass is 9.98. The number of benzene rings is 1. The predicted molar refractivity (Wildman–Crippen MR) is 110 cm³/mol. The van der Waals surface area contributed by atoms with Gasteiger partial charge in [0.15, 0.2) is 0 Å². The van der Waals surface area contributed by atoms with Gasteiger partial charge in [-0.2, -0.15) is 0 Å². The van der Waals surface area contributed by atoms with E-state index in [0.717, 1.165) is 24.0 Å². The second kappa shape index (κ2) is 6.94. The van der Waals surface area contributed by atoms with E-state index in [1.54, 1.807) is 11.3 Å². The van der Waals surface area contributed by atoms with Gasteiger partial charge in [-0.1, -0.05) is 18.2 Å². The number of aromatic nitrogens is 2. The van der Waals surface area contributed by atoms with Crippen LogP contribution in [0.5, 0.6) is 0 Å². The fraction of sp³-hybridized carbons (Fsp3) is 0.238. The van der Waals surface area contributed by atoms with Gasteiger partial charge in [-0.05, 0) is 47.0 Å². The zero-order valence-electron chi connectivity index (χ0n) is 14.7. The number of nitrogens with zero attached hydrogens (tertiary/aromatic N) is 3. The molecule has 0 aliphatic carbocycles. The molecule has 1 atom stereocenters. The van der Waals surface area contributed by atoms with Crippen LogP contribution in [0.3, 0.4) is 0 Å². The summed E-state index contributed by atoms with van der Waals surface area (Å²) in [5.74, 6) is 0.211. The maximum Gasteiger partial charge on any atom is 0.225 e. The van der Waals surface area contributed by atoms with E-state index in [1.807, 2.05) is 35.9 Å². The van der Waals surface area contributed by atoms with Crippen molar-refractivity contribution in [2.45, 2.75) is 25.4 Å². The Bertz CT molecular complexity index is 1080. The van der Waals surface area contributed by atoms with Crippen molar-refractivity contribution in [1.29, 1.82) is 0 Å². The zero-order valence-corrected chi connectivity index (χ0v) is 16.4. The molecule has 0 saturated carbocycles. The third-order valence-corrected chi connectivity index (χ3v) is 7.11. The number of imidazole rings is 1. The molecule has 1 amide bonds. The van der Waals surface area contributed by atoms with Crippen molar-refractivity contribution in [3.05, 3.63) is 74.9 Å². The molecule has 0 N–H and O–H groups in total. The van der Waals surface area contributed by atoms with E-state index in [9.17, 15) is 4.79 Å². The average Bonchev–Trinajstić information content (AvgIpc) is 3.45. The van der Waals surface area contributed by atoms with Crippen molar-refractivity contribution in [3.8, 4) is 0 Å². The van der Waals surface area contributed by atoms with Crippen LogP contribution in [0, 0.1) is 0 Å². The molecular weight excluding hydrogens is 374 g/mol. The summed E-state index contributed by atoms with van der Waals surface area (Å²) in [5, 5.41) is 4.24. The molecule has 27 heavy (non-hydrogen) atoms. The van der Waals surface area contributed by atoms with Gasteiger partial charge in [-0.25, -0.2) is 4.98 Å². The van der Waals surface area contributed by atoms with E-state index in [4.69, 9.17) is 0 Å². The van der Waals surface area contributed by atoms with Crippen LogP contribution < -0.4 is 0 Å². The second-order valence-electron chi connectivity index (χ2n) is 6.73. The summed E-state index contributed by atoms with van der Waals surface area (Å²) in [6.45, 7) is 1.45. The lowest BCUT2D eigenvalue weighted by Gasteiger charge is -2.35. The summed E-state index contributed by atoms with van der Waals surface area (Å²) < 4.78 is 2.08. The summed E-state index contributed by atoms with van der Waals surface area (Å²) in [7, 11) is 0. The number of hydrogen-bond donors (Lipinski definition) is 0. The van der Waals surface area contributed by atoms with Gasteiger partial charge in [0.05, 0.1) is 23.4 Å². The van der Waals surface area contributed by atoms with E-state index in [0.29, 0.717) is 13.0 Å². The molecule has 0 spiro atoms. The average molecular weight is 394 g/mol. The fourth-order valence-electron chi connectivity index (χ4n) is 3.89. The molecule has 0 unspecified atom stereocenters. The number of aryl methyl sites for hydroxylation is 1. The topological polar surface area (TPSA) is 38.1 Å². The SMILES string of the molecule is O=C(CCn1cnc2ccccc21)N1CCc2sccc2[C@H]1c1cccs1. The van der Waals surface area contributed by atoms with Crippen molar-refractivity contribution >= 4 is 39.6 Å². The molecule has 3 aromatic heterocycles. The monoisotopic (exact) mass is 393 g/mol. The Kier molecular flexibility index (Phi) is 4.30. The third kappa shape index (κ3) is 2.99. The molecule has 4 nitrogen and oxygen atoms in total. The lowest BCUT2D eigenvalue weighted by molar-refractivity contribution is -0.133.